The summed E-state index contributed by atoms with van der Waals surface area (Å²) in [6.45, 7) is 4.80. The molecule has 6 heteroatoms. The Balaban J connectivity index is 2.00. The summed E-state index contributed by atoms with van der Waals surface area (Å²) in [5, 5.41) is 0. The summed E-state index contributed by atoms with van der Waals surface area (Å²) in [5.74, 6) is 3.23. The molecule has 0 bridgehead atoms. The van der Waals surface area contributed by atoms with Crippen molar-refractivity contribution in [3.05, 3.63) is 41.5 Å². The fourth-order valence-electron chi connectivity index (χ4n) is 4.03. The molecule has 3 rings (SSSR count). The Hall–Kier alpha value is -3.04. The number of benzene rings is 1. The van der Waals surface area contributed by atoms with Gasteiger partial charge in [-0.1, -0.05) is 12.8 Å². The molecule has 1 amide bonds. The van der Waals surface area contributed by atoms with Crippen molar-refractivity contribution in [2.24, 2.45) is 11.8 Å². The SMILES string of the molecule is C#Cc1ccc(-c2cc(C(=O)OCC)c(N(CCOC)C(=O)[C@H]3CC[C@H](C)CC3)o2)cc1. The standard InChI is InChI=1S/C26H31NO5/c1-5-19-9-13-20(14-10-19)23-17-22(26(29)31-6-2)25(32-23)27(15-16-30-4)24(28)21-11-7-18(3)8-12-21/h1,9-10,13-14,17-18,21H,6-8,11-12,15-16H2,2-4H3/t18-,21-. The molecule has 1 heterocycles. The maximum Gasteiger partial charge on any atom is 0.343 e. The third-order valence-electron chi connectivity index (χ3n) is 5.94. The monoisotopic (exact) mass is 437 g/mol. The fourth-order valence-corrected chi connectivity index (χ4v) is 4.03. The van der Waals surface area contributed by atoms with Crippen LogP contribution in [0.15, 0.2) is 34.7 Å². The molecule has 0 N–H and O–H groups in total. The number of carbonyl (C=O) groups is 2. The second-order valence-corrected chi connectivity index (χ2v) is 8.21. The largest absolute Gasteiger partial charge is 0.462 e. The molecule has 32 heavy (non-hydrogen) atoms. The molecule has 1 aromatic carbocycles. The molecule has 6 nitrogen and oxygen atoms in total. The minimum atomic E-state index is -0.523. The zero-order valence-corrected chi connectivity index (χ0v) is 19.1. The summed E-state index contributed by atoms with van der Waals surface area (Å²) in [5.41, 5.74) is 1.73. The number of nitrogens with zero attached hydrogens (tertiary/aromatic N) is 1. The first-order chi connectivity index (χ1) is 15.5. The predicted molar refractivity (Wildman–Crippen MR) is 123 cm³/mol. The van der Waals surface area contributed by atoms with Gasteiger partial charge in [-0.05, 0) is 62.8 Å². The number of ether oxygens (including phenoxy) is 2. The van der Waals surface area contributed by atoms with E-state index in [4.69, 9.17) is 20.3 Å². The molecule has 0 saturated heterocycles. The number of hydrogen-bond acceptors (Lipinski definition) is 5. The lowest BCUT2D eigenvalue weighted by atomic mass is 9.82. The van der Waals surface area contributed by atoms with Crippen molar-refractivity contribution in [3.8, 4) is 23.7 Å². The van der Waals surface area contributed by atoms with Crippen molar-refractivity contribution in [2.75, 3.05) is 31.8 Å². The molecule has 0 spiro atoms. The molecule has 1 aromatic heterocycles. The first-order valence-corrected chi connectivity index (χ1v) is 11.2. The van der Waals surface area contributed by atoms with Crippen LogP contribution < -0.4 is 4.90 Å². The Morgan fingerprint density at radius 1 is 1.19 bits per heavy atom. The Labute approximate surface area is 189 Å². The molecular weight excluding hydrogens is 406 g/mol. The van der Waals surface area contributed by atoms with Crippen molar-refractivity contribution < 1.29 is 23.5 Å². The minimum absolute atomic E-state index is 0.0388. The van der Waals surface area contributed by atoms with Crippen LogP contribution in [0.2, 0.25) is 0 Å². The highest BCUT2D eigenvalue weighted by Gasteiger charge is 2.33. The second-order valence-electron chi connectivity index (χ2n) is 8.21. The van der Waals surface area contributed by atoms with Crippen LogP contribution in [0, 0.1) is 24.2 Å². The lowest BCUT2D eigenvalue weighted by molar-refractivity contribution is -0.123. The van der Waals surface area contributed by atoms with Gasteiger partial charge in [0.15, 0.2) is 0 Å². The summed E-state index contributed by atoms with van der Waals surface area (Å²) >= 11 is 0. The number of esters is 1. The lowest BCUT2D eigenvalue weighted by Gasteiger charge is -2.30. The topological polar surface area (TPSA) is 69.0 Å². The zero-order valence-electron chi connectivity index (χ0n) is 19.1. The number of rotatable bonds is 8. The van der Waals surface area contributed by atoms with Gasteiger partial charge in [0.1, 0.15) is 11.3 Å². The van der Waals surface area contributed by atoms with E-state index in [0.717, 1.165) is 36.8 Å². The smallest absolute Gasteiger partial charge is 0.343 e. The quantitative estimate of drug-likeness (QED) is 0.434. The van der Waals surface area contributed by atoms with Gasteiger partial charge in [-0.25, -0.2) is 4.79 Å². The summed E-state index contributed by atoms with van der Waals surface area (Å²) in [6.07, 6.45) is 9.15. The maximum atomic E-state index is 13.5. The molecule has 1 aliphatic rings. The predicted octanol–water partition coefficient (Wildman–Crippen LogP) is 4.91. The van der Waals surface area contributed by atoms with Gasteiger partial charge in [0.05, 0.1) is 19.8 Å². The van der Waals surface area contributed by atoms with Gasteiger partial charge in [-0.15, -0.1) is 6.42 Å². The minimum Gasteiger partial charge on any atom is -0.462 e. The number of methoxy groups -OCH3 is 1. The first kappa shape index (κ1) is 23.6. The van der Waals surface area contributed by atoms with Crippen molar-refractivity contribution in [3.63, 3.8) is 0 Å². The molecule has 1 fully saturated rings. The van der Waals surface area contributed by atoms with Crippen LogP contribution in [0.5, 0.6) is 0 Å². The van der Waals surface area contributed by atoms with E-state index in [0.29, 0.717) is 18.3 Å². The fraction of sp³-hybridized carbons (Fsp3) is 0.462. The highest BCUT2D eigenvalue weighted by atomic mass is 16.5. The number of amides is 1. The molecule has 0 radical (unpaired) electrons. The molecule has 2 aromatic rings. The van der Waals surface area contributed by atoms with E-state index in [1.807, 2.05) is 12.1 Å². The van der Waals surface area contributed by atoms with Gasteiger partial charge in [0.25, 0.3) is 0 Å². The third kappa shape index (κ3) is 5.41. The van der Waals surface area contributed by atoms with Gasteiger partial charge in [-0.2, -0.15) is 0 Å². The third-order valence-corrected chi connectivity index (χ3v) is 5.94. The van der Waals surface area contributed by atoms with Crippen molar-refractivity contribution >= 4 is 17.8 Å². The van der Waals surface area contributed by atoms with E-state index in [9.17, 15) is 9.59 Å². The van der Waals surface area contributed by atoms with Crippen LogP contribution in [0.4, 0.5) is 5.88 Å². The first-order valence-electron chi connectivity index (χ1n) is 11.2. The number of terminal acetylenes is 1. The van der Waals surface area contributed by atoms with E-state index < -0.39 is 5.97 Å². The molecule has 0 unspecified atom stereocenters. The average molecular weight is 438 g/mol. The maximum absolute atomic E-state index is 13.5. The zero-order chi connectivity index (χ0) is 23.1. The van der Waals surface area contributed by atoms with Crippen LogP contribution in [-0.2, 0) is 14.3 Å². The van der Waals surface area contributed by atoms with Crippen LogP contribution in [0.25, 0.3) is 11.3 Å². The summed E-state index contributed by atoms with van der Waals surface area (Å²) < 4.78 is 16.6. The summed E-state index contributed by atoms with van der Waals surface area (Å²) in [4.78, 5) is 27.8. The van der Waals surface area contributed by atoms with Crippen LogP contribution in [0.1, 0.15) is 55.5 Å². The van der Waals surface area contributed by atoms with Gasteiger partial charge in [-0.3, -0.25) is 9.69 Å². The molecule has 0 atom stereocenters. The van der Waals surface area contributed by atoms with E-state index in [1.165, 1.54) is 0 Å². The Kier molecular flexibility index (Phi) is 8.13. The van der Waals surface area contributed by atoms with E-state index in [-0.39, 0.29) is 36.4 Å². The Morgan fingerprint density at radius 3 is 2.47 bits per heavy atom. The van der Waals surface area contributed by atoms with Crippen molar-refractivity contribution in [2.45, 2.75) is 39.5 Å². The van der Waals surface area contributed by atoms with Gasteiger partial charge in [0.2, 0.25) is 11.8 Å². The molecule has 170 valence electrons. The summed E-state index contributed by atoms with van der Waals surface area (Å²) in [7, 11) is 1.58. The van der Waals surface area contributed by atoms with Crippen LogP contribution in [0.3, 0.4) is 0 Å². The van der Waals surface area contributed by atoms with Crippen LogP contribution in [-0.4, -0.2) is 38.7 Å². The van der Waals surface area contributed by atoms with Gasteiger partial charge < -0.3 is 13.9 Å². The lowest BCUT2D eigenvalue weighted by Crippen LogP contribution is -2.40. The van der Waals surface area contributed by atoms with Crippen LogP contribution >= 0.6 is 0 Å². The van der Waals surface area contributed by atoms with E-state index in [2.05, 4.69) is 12.8 Å². The summed E-state index contributed by atoms with van der Waals surface area (Å²) in [6, 6.07) is 8.90. The van der Waals surface area contributed by atoms with Crippen molar-refractivity contribution in [1.29, 1.82) is 0 Å². The highest BCUT2D eigenvalue weighted by molar-refractivity contribution is 6.02. The van der Waals surface area contributed by atoms with E-state index >= 15 is 0 Å². The van der Waals surface area contributed by atoms with Gasteiger partial charge in [0, 0.05) is 30.2 Å². The van der Waals surface area contributed by atoms with E-state index in [1.54, 1.807) is 37.1 Å². The molecule has 0 aliphatic heterocycles. The molecular formula is C26H31NO5. The van der Waals surface area contributed by atoms with Crippen molar-refractivity contribution in [1.82, 2.24) is 0 Å². The number of carbonyl (C=O) groups excluding carboxylic acids is 2. The Morgan fingerprint density at radius 2 is 1.88 bits per heavy atom. The highest BCUT2D eigenvalue weighted by Crippen LogP contribution is 2.36. The average Bonchev–Trinajstić information content (AvgIpc) is 3.25. The second kappa shape index (κ2) is 11.0. The number of hydrogen-bond donors (Lipinski definition) is 0. The molecule has 1 saturated carbocycles. The number of furan rings is 1. The van der Waals surface area contributed by atoms with Gasteiger partial charge >= 0.3 is 5.97 Å². The number of anilines is 1. The Bertz CT molecular complexity index is 961. The normalized spacial score (nSPS) is 18.1. The molecule has 1 aliphatic carbocycles.